The normalized spacial score (nSPS) is 11.8. The molecule has 0 atom stereocenters. The van der Waals surface area contributed by atoms with Crippen LogP contribution in [-0.4, -0.2) is 9.38 Å². The van der Waals surface area contributed by atoms with Gasteiger partial charge in [-0.2, -0.15) is 0 Å². The third-order valence-corrected chi connectivity index (χ3v) is 4.68. The van der Waals surface area contributed by atoms with Gasteiger partial charge in [0.2, 0.25) is 0 Å². The number of rotatable bonds is 2. The Bertz CT molecular complexity index is 963. The summed E-state index contributed by atoms with van der Waals surface area (Å²) in [5.41, 5.74) is 8.93. The molecular weight excluding hydrogens is 268 g/mol. The van der Waals surface area contributed by atoms with E-state index in [1.807, 2.05) is 0 Å². The topological polar surface area (TPSA) is 17.3 Å². The molecule has 2 heteroatoms. The van der Waals surface area contributed by atoms with Gasteiger partial charge in [0.25, 0.3) is 0 Å². The lowest BCUT2D eigenvalue weighted by atomic mass is 9.97. The molecule has 0 radical (unpaired) electrons. The van der Waals surface area contributed by atoms with E-state index in [9.17, 15) is 0 Å². The van der Waals surface area contributed by atoms with Gasteiger partial charge in [0, 0.05) is 23.3 Å². The maximum absolute atomic E-state index is 4.91. The third-order valence-electron chi connectivity index (χ3n) is 4.68. The molecule has 0 spiro atoms. The standard InChI is InChI=1S/C20H20N2/c1-4-7-15-13(2)12-22-11-10-17-16-8-5-6-9-18(16)21-19(17)20(22)14(15)3/h5-6,8-12H,4,7H2,1-3H3. The molecule has 2 aliphatic rings. The zero-order valence-corrected chi connectivity index (χ0v) is 13.4. The molecule has 0 amide bonds. The fourth-order valence-corrected chi connectivity index (χ4v) is 3.65. The van der Waals surface area contributed by atoms with Crippen LogP contribution in [0.1, 0.15) is 30.0 Å². The minimum atomic E-state index is 1.09. The monoisotopic (exact) mass is 288 g/mol. The lowest BCUT2D eigenvalue weighted by Crippen LogP contribution is -2.02. The van der Waals surface area contributed by atoms with Crippen molar-refractivity contribution in [1.29, 1.82) is 0 Å². The zero-order valence-electron chi connectivity index (χ0n) is 13.4. The first-order chi connectivity index (χ1) is 10.7. The van der Waals surface area contributed by atoms with Crippen LogP contribution in [0.2, 0.25) is 0 Å². The summed E-state index contributed by atoms with van der Waals surface area (Å²) in [5.74, 6) is 0. The number of aryl methyl sites for hydroxylation is 2. The fraction of sp³-hybridized carbons (Fsp3) is 0.250. The van der Waals surface area contributed by atoms with Crippen molar-refractivity contribution in [2.24, 2.45) is 0 Å². The zero-order chi connectivity index (χ0) is 15.3. The Hall–Kier alpha value is -2.35. The molecule has 0 N–H and O–H groups in total. The smallest absolute Gasteiger partial charge is 0.0959 e. The average molecular weight is 288 g/mol. The van der Waals surface area contributed by atoms with Crippen molar-refractivity contribution in [3.05, 3.63) is 59.4 Å². The van der Waals surface area contributed by atoms with E-state index in [0.717, 1.165) is 17.6 Å². The SMILES string of the molecule is CCCc1c(C)cn2ccc3c4ccccc4nc-3c2c1C. The van der Waals surface area contributed by atoms with Crippen LogP contribution in [0.15, 0.2) is 42.7 Å². The van der Waals surface area contributed by atoms with Crippen molar-refractivity contribution >= 4 is 16.4 Å². The number of nitrogens with zero attached hydrogens (tertiary/aromatic N) is 2. The van der Waals surface area contributed by atoms with Gasteiger partial charge in [0.1, 0.15) is 0 Å². The minimum absolute atomic E-state index is 1.09. The van der Waals surface area contributed by atoms with Crippen LogP contribution in [0, 0.1) is 13.8 Å². The van der Waals surface area contributed by atoms with Crippen LogP contribution in [0.4, 0.5) is 0 Å². The predicted octanol–water partition coefficient (Wildman–Crippen LogP) is 5.16. The second-order valence-electron chi connectivity index (χ2n) is 6.13. The molecule has 0 saturated heterocycles. The van der Waals surface area contributed by atoms with Crippen molar-refractivity contribution in [1.82, 2.24) is 9.38 Å². The Kier molecular flexibility index (Phi) is 2.93. The summed E-state index contributed by atoms with van der Waals surface area (Å²) in [6, 6.07) is 10.6. The minimum Gasteiger partial charge on any atom is -0.321 e. The largest absolute Gasteiger partial charge is 0.321 e. The first-order valence-electron chi connectivity index (χ1n) is 7.99. The van der Waals surface area contributed by atoms with Crippen molar-refractivity contribution in [2.75, 3.05) is 0 Å². The van der Waals surface area contributed by atoms with Crippen LogP contribution in [0.3, 0.4) is 0 Å². The summed E-state index contributed by atoms with van der Waals surface area (Å²) in [4.78, 5) is 4.91. The summed E-state index contributed by atoms with van der Waals surface area (Å²) in [6.07, 6.45) is 6.71. The van der Waals surface area contributed by atoms with E-state index in [0.29, 0.717) is 0 Å². The molecule has 4 rings (SSSR count). The second-order valence-corrected chi connectivity index (χ2v) is 6.13. The molecule has 2 aliphatic heterocycles. The summed E-state index contributed by atoms with van der Waals surface area (Å²) >= 11 is 0. The van der Waals surface area contributed by atoms with Gasteiger partial charge in [-0.15, -0.1) is 0 Å². The van der Waals surface area contributed by atoms with Crippen molar-refractivity contribution in [3.63, 3.8) is 0 Å². The van der Waals surface area contributed by atoms with Crippen LogP contribution in [0.25, 0.3) is 27.7 Å². The number of para-hydroxylation sites is 1. The Morgan fingerprint density at radius 1 is 1.09 bits per heavy atom. The van der Waals surface area contributed by atoms with Crippen LogP contribution >= 0.6 is 0 Å². The Labute approximate surface area is 130 Å². The lowest BCUT2D eigenvalue weighted by molar-refractivity contribution is 0.895. The number of hydrogen-bond donors (Lipinski definition) is 0. The van der Waals surface area contributed by atoms with Gasteiger partial charge in [-0.1, -0.05) is 31.5 Å². The van der Waals surface area contributed by atoms with Crippen molar-refractivity contribution in [3.8, 4) is 11.3 Å². The highest BCUT2D eigenvalue weighted by Gasteiger charge is 2.18. The first kappa shape index (κ1) is 13.3. The molecular formula is C20H20N2. The van der Waals surface area contributed by atoms with Gasteiger partial charge in [0.05, 0.1) is 16.7 Å². The molecule has 0 bridgehead atoms. The highest BCUT2D eigenvalue weighted by atomic mass is 14.9. The molecule has 3 heterocycles. The van der Waals surface area contributed by atoms with Gasteiger partial charge in [-0.05, 0) is 49.1 Å². The van der Waals surface area contributed by atoms with Crippen molar-refractivity contribution < 1.29 is 0 Å². The number of aromatic nitrogens is 2. The molecule has 1 aromatic heterocycles. The quantitative estimate of drug-likeness (QED) is 0.498. The predicted molar refractivity (Wildman–Crippen MR) is 92.8 cm³/mol. The van der Waals surface area contributed by atoms with E-state index >= 15 is 0 Å². The molecule has 0 fully saturated rings. The first-order valence-corrected chi connectivity index (χ1v) is 7.99. The third kappa shape index (κ3) is 1.77. The van der Waals surface area contributed by atoms with E-state index < -0.39 is 0 Å². The average Bonchev–Trinajstić information content (AvgIpc) is 2.89. The van der Waals surface area contributed by atoms with E-state index in [4.69, 9.17) is 4.98 Å². The molecule has 2 nitrogen and oxygen atoms in total. The fourth-order valence-electron chi connectivity index (χ4n) is 3.65. The van der Waals surface area contributed by atoms with E-state index in [-0.39, 0.29) is 0 Å². The summed E-state index contributed by atoms with van der Waals surface area (Å²) in [6.45, 7) is 6.70. The van der Waals surface area contributed by atoms with Gasteiger partial charge in [0.15, 0.2) is 0 Å². The highest BCUT2D eigenvalue weighted by molar-refractivity contribution is 6.02. The highest BCUT2D eigenvalue weighted by Crippen LogP contribution is 2.36. The second kappa shape index (κ2) is 4.84. The Morgan fingerprint density at radius 3 is 2.73 bits per heavy atom. The molecule has 0 saturated carbocycles. The maximum Gasteiger partial charge on any atom is 0.0959 e. The van der Waals surface area contributed by atoms with Gasteiger partial charge in [-0.25, -0.2) is 4.98 Å². The van der Waals surface area contributed by atoms with E-state index in [2.05, 4.69) is 67.9 Å². The summed E-state index contributed by atoms with van der Waals surface area (Å²) in [7, 11) is 0. The molecule has 0 aliphatic carbocycles. The molecule has 1 aromatic carbocycles. The van der Waals surface area contributed by atoms with Crippen LogP contribution < -0.4 is 0 Å². The summed E-state index contributed by atoms with van der Waals surface area (Å²) in [5, 5.41) is 1.25. The van der Waals surface area contributed by atoms with E-state index in [1.54, 1.807) is 0 Å². The van der Waals surface area contributed by atoms with Gasteiger partial charge < -0.3 is 4.40 Å². The molecule has 22 heavy (non-hydrogen) atoms. The van der Waals surface area contributed by atoms with Crippen LogP contribution in [0.5, 0.6) is 0 Å². The van der Waals surface area contributed by atoms with Crippen molar-refractivity contribution in [2.45, 2.75) is 33.6 Å². The Morgan fingerprint density at radius 2 is 1.91 bits per heavy atom. The van der Waals surface area contributed by atoms with Gasteiger partial charge in [-0.3, -0.25) is 0 Å². The number of hydrogen-bond acceptors (Lipinski definition) is 1. The number of fused-ring (bicyclic) bond motifs is 5. The summed E-state index contributed by atoms with van der Waals surface area (Å²) < 4.78 is 2.23. The van der Waals surface area contributed by atoms with Gasteiger partial charge >= 0.3 is 0 Å². The molecule has 0 unspecified atom stereocenters. The number of pyridine rings is 2. The number of benzene rings is 1. The lowest BCUT2D eigenvalue weighted by Gasteiger charge is -2.16. The van der Waals surface area contributed by atoms with Crippen LogP contribution in [-0.2, 0) is 6.42 Å². The molecule has 2 aromatic rings. The van der Waals surface area contributed by atoms with E-state index in [1.165, 1.54) is 39.6 Å². The Balaban J connectivity index is 2.16. The maximum atomic E-state index is 4.91. The molecule has 110 valence electrons.